The first-order valence-corrected chi connectivity index (χ1v) is 8.30. The number of rotatable bonds is 8. The van der Waals surface area contributed by atoms with Gasteiger partial charge in [0.15, 0.2) is 0 Å². The monoisotopic (exact) mass is 290 g/mol. The molecule has 1 saturated heterocycles. The van der Waals surface area contributed by atoms with Gasteiger partial charge in [-0.15, -0.1) is 0 Å². The summed E-state index contributed by atoms with van der Waals surface area (Å²) in [6.45, 7) is 4.03. The van der Waals surface area contributed by atoms with Gasteiger partial charge in [0, 0.05) is 13.2 Å². The minimum absolute atomic E-state index is 0.552. The van der Waals surface area contributed by atoms with Crippen molar-refractivity contribution in [2.75, 3.05) is 33.4 Å². The number of methoxy groups -OCH3 is 1. The van der Waals surface area contributed by atoms with Gasteiger partial charge in [0.1, 0.15) is 0 Å². The van der Waals surface area contributed by atoms with Crippen molar-refractivity contribution in [2.24, 2.45) is 11.7 Å². The van der Waals surface area contributed by atoms with E-state index in [2.05, 4.69) is 35.2 Å². The number of benzene rings is 1. The summed E-state index contributed by atoms with van der Waals surface area (Å²) in [5, 5.41) is 0. The smallest absolute Gasteiger partial charge is 0.0618 e. The lowest BCUT2D eigenvalue weighted by Gasteiger charge is -2.37. The van der Waals surface area contributed by atoms with E-state index in [1.165, 1.54) is 37.9 Å². The van der Waals surface area contributed by atoms with Crippen molar-refractivity contribution in [3.63, 3.8) is 0 Å². The van der Waals surface area contributed by atoms with E-state index in [0.29, 0.717) is 6.04 Å². The van der Waals surface area contributed by atoms with Crippen LogP contribution < -0.4 is 5.73 Å². The molecule has 0 saturated carbocycles. The minimum atomic E-state index is 0.552. The van der Waals surface area contributed by atoms with Crippen molar-refractivity contribution in [1.82, 2.24) is 4.90 Å². The van der Waals surface area contributed by atoms with Crippen LogP contribution in [0, 0.1) is 5.92 Å². The molecule has 0 amide bonds. The molecule has 3 nitrogen and oxygen atoms in total. The first-order valence-electron chi connectivity index (χ1n) is 8.30. The van der Waals surface area contributed by atoms with Gasteiger partial charge < -0.3 is 10.5 Å². The highest BCUT2D eigenvalue weighted by Crippen LogP contribution is 2.24. The van der Waals surface area contributed by atoms with E-state index in [1.54, 1.807) is 7.11 Å². The van der Waals surface area contributed by atoms with Crippen LogP contribution in [0.25, 0.3) is 0 Å². The summed E-state index contributed by atoms with van der Waals surface area (Å²) in [4.78, 5) is 2.61. The second kappa shape index (κ2) is 9.19. The second-order valence-corrected chi connectivity index (χ2v) is 6.21. The van der Waals surface area contributed by atoms with Gasteiger partial charge in [-0.2, -0.15) is 0 Å². The van der Waals surface area contributed by atoms with Gasteiger partial charge in [0.05, 0.1) is 6.61 Å². The summed E-state index contributed by atoms with van der Waals surface area (Å²) in [7, 11) is 1.80. The highest BCUT2D eigenvalue weighted by atomic mass is 16.5. The fourth-order valence-corrected chi connectivity index (χ4v) is 3.39. The predicted molar refractivity (Wildman–Crippen MR) is 88.4 cm³/mol. The van der Waals surface area contributed by atoms with Crippen molar-refractivity contribution in [3.8, 4) is 0 Å². The first kappa shape index (κ1) is 16.5. The van der Waals surface area contributed by atoms with E-state index in [4.69, 9.17) is 10.5 Å². The Kier molecular flexibility index (Phi) is 7.20. The van der Waals surface area contributed by atoms with Gasteiger partial charge in [-0.05, 0) is 63.2 Å². The normalized spacial score (nSPS) is 18.8. The molecule has 21 heavy (non-hydrogen) atoms. The average molecular weight is 290 g/mol. The van der Waals surface area contributed by atoms with Crippen molar-refractivity contribution < 1.29 is 4.74 Å². The van der Waals surface area contributed by atoms with E-state index in [1.807, 2.05) is 0 Å². The van der Waals surface area contributed by atoms with Crippen LogP contribution in [-0.2, 0) is 11.2 Å². The molecule has 1 aromatic rings. The lowest BCUT2D eigenvalue weighted by molar-refractivity contribution is 0.0596. The molecule has 0 bridgehead atoms. The van der Waals surface area contributed by atoms with Crippen molar-refractivity contribution in [1.29, 1.82) is 0 Å². The Bertz CT molecular complexity index is 374. The van der Waals surface area contributed by atoms with Crippen molar-refractivity contribution in [3.05, 3.63) is 35.9 Å². The molecule has 1 aromatic carbocycles. The van der Waals surface area contributed by atoms with Crippen LogP contribution in [0.4, 0.5) is 0 Å². The maximum Gasteiger partial charge on any atom is 0.0618 e. The van der Waals surface area contributed by atoms with Gasteiger partial charge in [0.2, 0.25) is 0 Å². The SMILES string of the molecule is COCC(CCCN)N1CCC(Cc2ccccc2)CC1. The molecule has 3 heteroatoms. The Morgan fingerprint density at radius 3 is 2.57 bits per heavy atom. The quantitative estimate of drug-likeness (QED) is 0.800. The van der Waals surface area contributed by atoms with E-state index < -0.39 is 0 Å². The number of hydrogen-bond acceptors (Lipinski definition) is 3. The topological polar surface area (TPSA) is 38.5 Å². The molecule has 1 aliphatic rings. The van der Waals surface area contributed by atoms with E-state index in [-0.39, 0.29) is 0 Å². The molecule has 0 aliphatic carbocycles. The average Bonchev–Trinajstić information content (AvgIpc) is 2.53. The van der Waals surface area contributed by atoms with Crippen molar-refractivity contribution >= 4 is 0 Å². The van der Waals surface area contributed by atoms with E-state index in [0.717, 1.165) is 31.9 Å². The third-order valence-corrected chi connectivity index (χ3v) is 4.63. The Morgan fingerprint density at radius 2 is 1.95 bits per heavy atom. The van der Waals surface area contributed by atoms with Crippen LogP contribution in [0.2, 0.25) is 0 Å². The molecule has 1 heterocycles. The van der Waals surface area contributed by atoms with Gasteiger partial charge in [-0.1, -0.05) is 30.3 Å². The van der Waals surface area contributed by atoms with E-state index >= 15 is 0 Å². The van der Waals surface area contributed by atoms with Crippen molar-refractivity contribution in [2.45, 2.75) is 38.1 Å². The predicted octanol–water partition coefficient (Wildman–Crippen LogP) is 2.70. The summed E-state index contributed by atoms with van der Waals surface area (Å²) in [5.74, 6) is 0.835. The first-order chi connectivity index (χ1) is 10.3. The fraction of sp³-hybridized carbons (Fsp3) is 0.667. The number of nitrogens with zero attached hydrogens (tertiary/aromatic N) is 1. The lowest BCUT2D eigenvalue weighted by atomic mass is 9.89. The molecule has 118 valence electrons. The molecular weight excluding hydrogens is 260 g/mol. The van der Waals surface area contributed by atoms with Gasteiger partial charge >= 0.3 is 0 Å². The second-order valence-electron chi connectivity index (χ2n) is 6.21. The Morgan fingerprint density at radius 1 is 1.24 bits per heavy atom. The summed E-state index contributed by atoms with van der Waals surface area (Å²) >= 11 is 0. The zero-order valence-corrected chi connectivity index (χ0v) is 13.3. The molecule has 1 fully saturated rings. The molecule has 0 aromatic heterocycles. The zero-order valence-electron chi connectivity index (χ0n) is 13.3. The standard InChI is InChI=1S/C18H30N2O/c1-21-15-18(8-5-11-19)20-12-9-17(10-13-20)14-16-6-3-2-4-7-16/h2-4,6-7,17-18H,5,8-15,19H2,1H3. The molecule has 2 N–H and O–H groups in total. The van der Waals surface area contributed by atoms with Crippen LogP contribution in [0.15, 0.2) is 30.3 Å². The lowest BCUT2D eigenvalue weighted by Crippen LogP contribution is -2.44. The molecule has 1 aliphatic heterocycles. The number of likely N-dealkylation sites (tertiary alicyclic amines) is 1. The fourth-order valence-electron chi connectivity index (χ4n) is 3.39. The zero-order chi connectivity index (χ0) is 14.9. The van der Waals surface area contributed by atoms with Gasteiger partial charge in [0.25, 0.3) is 0 Å². The number of piperidine rings is 1. The molecule has 2 rings (SSSR count). The summed E-state index contributed by atoms with van der Waals surface area (Å²) in [5.41, 5.74) is 7.13. The highest BCUT2D eigenvalue weighted by molar-refractivity contribution is 5.15. The van der Waals surface area contributed by atoms with Gasteiger partial charge in [-0.25, -0.2) is 0 Å². The molecule has 0 spiro atoms. The maximum absolute atomic E-state index is 5.65. The van der Waals surface area contributed by atoms with Crippen LogP contribution >= 0.6 is 0 Å². The van der Waals surface area contributed by atoms with Crippen LogP contribution in [0.3, 0.4) is 0 Å². The molecule has 0 radical (unpaired) electrons. The number of hydrogen-bond donors (Lipinski definition) is 1. The summed E-state index contributed by atoms with van der Waals surface area (Å²) in [6.07, 6.45) is 6.09. The molecular formula is C18H30N2O. The maximum atomic E-state index is 5.65. The number of nitrogens with two attached hydrogens (primary N) is 1. The van der Waals surface area contributed by atoms with Crippen LogP contribution in [0.1, 0.15) is 31.2 Å². The van der Waals surface area contributed by atoms with E-state index in [9.17, 15) is 0 Å². The van der Waals surface area contributed by atoms with Gasteiger partial charge in [-0.3, -0.25) is 4.90 Å². The molecule has 1 atom stereocenters. The summed E-state index contributed by atoms with van der Waals surface area (Å²) in [6, 6.07) is 11.4. The third kappa shape index (κ3) is 5.42. The Labute approximate surface area is 129 Å². The largest absolute Gasteiger partial charge is 0.383 e. The Balaban J connectivity index is 1.78. The van der Waals surface area contributed by atoms with Crippen LogP contribution in [-0.4, -0.2) is 44.3 Å². The van der Waals surface area contributed by atoms with Crippen LogP contribution in [0.5, 0.6) is 0 Å². The highest BCUT2D eigenvalue weighted by Gasteiger charge is 2.24. The Hall–Kier alpha value is -0.900. The third-order valence-electron chi connectivity index (χ3n) is 4.63. The number of ether oxygens (including phenoxy) is 1. The summed E-state index contributed by atoms with van der Waals surface area (Å²) < 4.78 is 5.39. The molecule has 1 unspecified atom stereocenters. The minimum Gasteiger partial charge on any atom is -0.383 e.